The molecular weight excluding hydrogens is 798 g/mol. The standard InChI is InChI=1S/C46H28F8O2P2/c47-33-17-34(48)22-43(21-33)57(55,44-23-35(49)18-36(50)24-44)41-13-9-31(10-14-41)7-5-29-1-2-30(4-3-29)6-8-32-11-15-42(16-12-32)58(56,45-25-37(51)19-38(52)26-45)46-27-39(53)20-40(54)28-46/h1-28H/b7-5+,8-6+. The van der Waals surface area contributed by atoms with Gasteiger partial charge in [-0.15, -0.1) is 0 Å². The van der Waals surface area contributed by atoms with Crippen LogP contribution in [0, 0.1) is 46.5 Å². The fourth-order valence-electron chi connectivity index (χ4n) is 6.47. The monoisotopic (exact) mass is 826 g/mol. The summed E-state index contributed by atoms with van der Waals surface area (Å²) in [4.78, 5) is 0. The van der Waals surface area contributed by atoms with Crippen molar-refractivity contribution in [3.05, 3.63) is 214 Å². The Morgan fingerprint density at radius 3 is 0.621 bits per heavy atom. The lowest BCUT2D eigenvalue weighted by atomic mass is 10.1. The quantitative estimate of drug-likeness (QED) is 0.0782. The molecular formula is C46H28F8O2P2. The van der Waals surface area contributed by atoms with E-state index in [2.05, 4.69) is 0 Å². The first-order valence-electron chi connectivity index (χ1n) is 17.4. The molecule has 0 atom stereocenters. The van der Waals surface area contributed by atoms with E-state index in [1.807, 2.05) is 36.4 Å². The second-order valence-corrected chi connectivity index (χ2v) is 18.8. The van der Waals surface area contributed by atoms with Gasteiger partial charge in [-0.05, 0) is 70.8 Å². The lowest BCUT2D eigenvalue weighted by Gasteiger charge is -2.20. The van der Waals surface area contributed by atoms with Gasteiger partial charge in [-0.25, -0.2) is 35.1 Å². The first-order valence-corrected chi connectivity index (χ1v) is 20.8. The van der Waals surface area contributed by atoms with E-state index in [1.54, 1.807) is 36.4 Å². The van der Waals surface area contributed by atoms with Crippen molar-refractivity contribution < 1.29 is 44.3 Å². The fraction of sp³-hybridized carbons (Fsp3) is 0. The van der Waals surface area contributed by atoms with E-state index >= 15 is 0 Å². The number of halogens is 8. The van der Waals surface area contributed by atoms with E-state index in [-0.39, 0.29) is 31.8 Å². The number of benzene rings is 7. The molecule has 7 aromatic rings. The summed E-state index contributed by atoms with van der Waals surface area (Å²) in [6.07, 6.45) is 7.19. The van der Waals surface area contributed by atoms with Crippen molar-refractivity contribution in [3.8, 4) is 0 Å². The van der Waals surface area contributed by atoms with Gasteiger partial charge in [0.2, 0.25) is 0 Å². The summed E-state index contributed by atoms with van der Waals surface area (Å²) in [5.74, 6) is -7.91. The fourth-order valence-corrected chi connectivity index (χ4v) is 11.8. The predicted octanol–water partition coefficient (Wildman–Crippen LogP) is 10.4. The molecule has 12 heteroatoms. The van der Waals surface area contributed by atoms with Gasteiger partial charge in [-0.2, -0.15) is 0 Å². The first-order chi connectivity index (χ1) is 27.7. The Bertz CT molecular complexity index is 2430. The summed E-state index contributed by atoms with van der Waals surface area (Å²) < 4.78 is 143. The Morgan fingerprint density at radius 2 is 0.431 bits per heavy atom. The third kappa shape index (κ3) is 8.59. The first kappa shape index (κ1) is 40.1. The Kier molecular flexibility index (Phi) is 11.4. The van der Waals surface area contributed by atoms with E-state index in [9.17, 15) is 44.3 Å². The molecule has 0 fully saturated rings. The van der Waals surface area contributed by atoms with Crippen LogP contribution in [0.3, 0.4) is 0 Å². The molecule has 7 aromatic carbocycles. The lowest BCUT2D eigenvalue weighted by Crippen LogP contribution is -2.26. The molecule has 0 bridgehead atoms. The molecule has 0 aliphatic heterocycles. The van der Waals surface area contributed by atoms with E-state index in [1.165, 1.54) is 24.3 Å². The zero-order valence-electron chi connectivity index (χ0n) is 29.9. The van der Waals surface area contributed by atoms with Crippen LogP contribution in [-0.2, 0) is 9.13 Å². The molecule has 290 valence electrons. The van der Waals surface area contributed by atoms with E-state index in [0.29, 0.717) is 35.4 Å². The van der Waals surface area contributed by atoms with Gasteiger partial charge in [-0.3, -0.25) is 0 Å². The molecule has 0 amide bonds. The highest BCUT2D eigenvalue weighted by atomic mass is 31.2. The smallest absolute Gasteiger partial charge is 0.171 e. The molecule has 0 spiro atoms. The van der Waals surface area contributed by atoms with Gasteiger partial charge < -0.3 is 9.13 Å². The summed E-state index contributed by atoms with van der Waals surface area (Å²) in [5.41, 5.74) is 2.99. The predicted molar refractivity (Wildman–Crippen MR) is 216 cm³/mol. The van der Waals surface area contributed by atoms with E-state index < -0.39 is 60.8 Å². The second kappa shape index (κ2) is 16.4. The van der Waals surface area contributed by atoms with Crippen LogP contribution in [0.25, 0.3) is 24.3 Å². The van der Waals surface area contributed by atoms with E-state index in [0.717, 1.165) is 59.7 Å². The average molecular weight is 827 g/mol. The minimum atomic E-state index is -4.11. The Hall–Kier alpha value is -6.08. The number of rotatable bonds is 10. The Labute approximate surface area is 328 Å². The molecule has 0 saturated heterocycles. The van der Waals surface area contributed by atoms with Gasteiger partial charge in [0.1, 0.15) is 46.5 Å². The van der Waals surface area contributed by atoms with Crippen LogP contribution in [0.1, 0.15) is 22.3 Å². The van der Waals surface area contributed by atoms with Crippen molar-refractivity contribution in [2.75, 3.05) is 0 Å². The van der Waals surface area contributed by atoms with Crippen LogP contribution in [0.4, 0.5) is 35.1 Å². The maximum Gasteiger partial charge on any atom is 0.171 e. The van der Waals surface area contributed by atoms with Crippen LogP contribution in [0.2, 0.25) is 0 Å². The highest BCUT2D eigenvalue weighted by Crippen LogP contribution is 2.44. The van der Waals surface area contributed by atoms with Crippen LogP contribution in [-0.4, -0.2) is 0 Å². The van der Waals surface area contributed by atoms with Crippen molar-refractivity contribution in [2.45, 2.75) is 0 Å². The molecule has 7 rings (SSSR count). The normalized spacial score (nSPS) is 12.1. The van der Waals surface area contributed by atoms with Crippen LogP contribution in [0.15, 0.2) is 146 Å². The van der Waals surface area contributed by atoms with Gasteiger partial charge in [0, 0.05) is 56.1 Å². The summed E-state index contributed by atoms with van der Waals surface area (Å²) in [6, 6.07) is 29.4. The molecule has 0 aromatic heterocycles. The maximum atomic E-state index is 14.5. The number of hydrogen-bond acceptors (Lipinski definition) is 2. The zero-order chi connectivity index (χ0) is 41.2. The molecule has 0 aliphatic rings. The molecule has 58 heavy (non-hydrogen) atoms. The summed E-state index contributed by atoms with van der Waals surface area (Å²) in [6.45, 7) is 0. The van der Waals surface area contributed by atoms with Gasteiger partial charge >= 0.3 is 0 Å². The molecule has 0 aliphatic carbocycles. The van der Waals surface area contributed by atoms with Gasteiger partial charge in [0.05, 0.1) is 0 Å². The van der Waals surface area contributed by atoms with E-state index in [4.69, 9.17) is 0 Å². The number of hydrogen-bond donors (Lipinski definition) is 0. The highest BCUT2D eigenvalue weighted by molar-refractivity contribution is 7.85. The minimum absolute atomic E-state index is 0.114. The van der Waals surface area contributed by atoms with Crippen molar-refractivity contribution in [1.29, 1.82) is 0 Å². The van der Waals surface area contributed by atoms with Crippen molar-refractivity contribution in [3.63, 3.8) is 0 Å². The minimum Gasteiger partial charge on any atom is -0.309 e. The SMILES string of the molecule is O=P(c1ccc(/C=C/c2ccc(/C=C/c3ccc(P(=O)(c4cc(F)cc(F)c4)c4cc(F)cc(F)c4)cc3)cc2)cc1)(c1cc(F)cc(F)c1)c1cc(F)cc(F)c1. The topological polar surface area (TPSA) is 34.1 Å². The Morgan fingerprint density at radius 1 is 0.259 bits per heavy atom. The maximum absolute atomic E-state index is 14.5. The third-order valence-corrected chi connectivity index (χ3v) is 15.2. The third-order valence-electron chi connectivity index (χ3n) is 9.23. The highest BCUT2D eigenvalue weighted by Gasteiger charge is 2.33. The summed E-state index contributed by atoms with van der Waals surface area (Å²) in [7, 11) is -8.22. The largest absolute Gasteiger partial charge is 0.309 e. The van der Waals surface area contributed by atoms with Crippen LogP contribution < -0.4 is 31.8 Å². The van der Waals surface area contributed by atoms with Crippen molar-refractivity contribution >= 4 is 70.4 Å². The van der Waals surface area contributed by atoms with Crippen molar-refractivity contribution in [2.24, 2.45) is 0 Å². The second-order valence-electron chi connectivity index (χ2n) is 13.2. The van der Waals surface area contributed by atoms with Gasteiger partial charge in [0.15, 0.2) is 14.3 Å². The lowest BCUT2D eigenvalue weighted by molar-refractivity contribution is 0.577. The molecule has 0 saturated carbocycles. The average Bonchev–Trinajstić information content (AvgIpc) is 3.18. The van der Waals surface area contributed by atoms with Gasteiger partial charge in [-0.1, -0.05) is 97.1 Å². The molecule has 0 radical (unpaired) electrons. The molecule has 0 heterocycles. The van der Waals surface area contributed by atoms with Crippen LogP contribution in [0.5, 0.6) is 0 Å². The van der Waals surface area contributed by atoms with Gasteiger partial charge in [0.25, 0.3) is 0 Å². The molecule has 0 N–H and O–H groups in total. The summed E-state index contributed by atoms with van der Waals surface area (Å²) in [5, 5.41) is -0.799. The summed E-state index contributed by atoms with van der Waals surface area (Å²) >= 11 is 0. The molecule has 2 nitrogen and oxygen atoms in total. The Balaban J connectivity index is 1.08. The van der Waals surface area contributed by atoms with Crippen molar-refractivity contribution in [1.82, 2.24) is 0 Å². The van der Waals surface area contributed by atoms with Crippen LogP contribution >= 0.6 is 14.3 Å². The zero-order valence-corrected chi connectivity index (χ0v) is 31.7. The molecule has 0 unspecified atom stereocenters.